The fourth-order valence-electron chi connectivity index (χ4n) is 6.71. The van der Waals surface area contributed by atoms with Gasteiger partial charge in [-0.3, -0.25) is 0 Å². The molecule has 0 saturated heterocycles. The molecule has 0 aromatic rings. The van der Waals surface area contributed by atoms with Crippen LogP contribution in [0.4, 0.5) is 0 Å². The van der Waals surface area contributed by atoms with Crippen LogP contribution in [0.3, 0.4) is 0 Å². The van der Waals surface area contributed by atoms with E-state index in [1.54, 1.807) is 0 Å². The number of halogens is 1. The molecule has 0 aromatic heterocycles. The standard InChI is InChI=1S/C20H35I/c1-13-14(2,3)15(4,5)19(11)16(6,7)18(13,10)17(8,9)20(19,12)21/h1H2,2-12H3. The van der Waals surface area contributed by atoms with Crippen molar-refractivity contribution < 1.29 is 0 Å². The number of hydrogen-bond acceptors (Lipinski definition) is 0. The molecular weight excluding hydrogens is 367 g/mol. The Hall–Kier alpha value is 0.470. The van der Waals surface area contributed by atoms with Crippen LogP contribution in [0, 0.1) is 32.5 Å². The van der Waals surface area contributed by atoms with Crippen LogP contribution >= 0.6 is 22.6 Å². The Labute approximate surface area is 146 Å². The maximum Gasteiger partial charge on any atom is 0.0318 e. The lowest BCUT2D eigenvalue weighted by molar-refractivity contribution is -0.149. The van der Waals surface area contributed by atoms with Crippen molar-refractivity contribution in [3.63, 3.8) is 0 Å². The molecule has 0 heterocycles. The lowest BCUT2D eigenvalue weighted by Gasteiger charge is -2.69. The molecule has 0 amide bonds. The van der Waals surface area contributed by atoms with Gasteiger partial charge >= 0.3 is 0 Å². The van der Waals surface area contributed by atoms with Gasteiger partial charge in [0.1, 0.15) is 0 Å². The molecule has 0 nitrogen and oxygen atoms in total. The first kappa shape index (κ1) is 17.8. The van der Waals surface area contributed by atoms with E-state index in [-0.39, 0.29) is 35.9 Å². The monoisotopic (exact) mass is 402 g/mol. The molecule has 3 atom stereocenters. The van der Waals surface area contributed by atoms with E-state index in [2.05, 4.69) is 98.8 Å². The first-order valence-corrected chi connectivity index (χ1v) is 9.37. The fraction of sp³-hybridized carbons (Fsp3) is 0.900. The van der Waals surface area contributed by atoms with Crippen molar-refractivity contribution in [1.82, 2.24) is 0 Å². The number of hydrogen-bond donors (Lipinski definition) is 0. The van der Waals surface area contributed by atoms with Crippen LogP contribution in [-0.2, 0) is 0 Å². The van der Waals surface area contributed by atoms with E-state index in [9.17, 15) is 0 Å². The SMILES string of the molecule is C=C1C(C)(C)C(C)(C)C2(C)C(C)(C)C1(C)C(C)(C)C2(C)I. The highest BCUT2D eigenvalue weighted by Crippen LogP contribution is 2.89. The maximum atomic E-state index is 4.70. The largest absolute Gasteiger partial charge is 0.0987 e. The van der Waals surface area contributed by atoms with Crippen LogP contribution in [0.5, 0.6) is 0 Å². The molecule has 0 radical (unpaired) electrons. The van der Waals surface area contributed by atoms with Gasteiger partial charge in [0, 0.05) is 8.84 Å². The summed E-state index contributed by atoms with van der Waals surface area (Å²) < 4.78 is 0.205. The minimum atomic E-state index is 0.129. The fourth-order valence-corrected chi connectivity index (χ4v) is 8.60. The first-order chi connectivity index (χ1) is 8.90. The van der Waals surface area contributed by atoms with Crippen LogP contribution in [0.1, 0.15) is 76.2 Å². The van der Waals surface area contributed by atoms with Gasteiger partial charge in [0.25, 0.3) is 0 Å². The molecule has 0 spiro atoms. The molecule has 3 unspecified atom stereocenters. The van der Waals surface area contributed by atoms with Gasteiger partial charge in [-0.05, 0) is 34.0 Å². The van der Waals surface area contributed by atoms with Crippen molar-refractivity contribution >= 4 is 22.6 Å². The summed E-state index contributed by atoms with van der Waals surface area (Å²) in [5.74, 6) is 0. The summed E-state index contributed by atoms with van der Waals surface area (Å²) in [5, 5.41) is 0. The molecule has 2 aliphatic rings. The van der Waals surface area contributed by atoms with E-state index < -0.39 is 0 Å². The molecule has 2 aliphatic carbocycles. The summed E-state index contributed by atoms with van der Waals surface area (Å²) >= 11 is 2.79. The molecule has 2 fully saturated rings. The molecule has 1 heteroatoms. The zero-order valence-corrected chi connectivity index (χ0v) is 18.2. The van der Waals surface area contributed by atoms with Gasteiger partial charge in [-0.2, -0.15) is 0 Å². The second kappa shape index (κ2) is 3.75. The van der Waals surface area contributed by atoms with Gasteiger partial charge < -0.3 is 0 Å². The van der Waals surface area contributed by atoms with E-state index in [0.29, 0.717) is 0 Å². The molecule has 122 valence electrons. The summed E-state index contributed by atoms with van der Waals surface area (Å²) in [4.78, 5) is 0. The molecule has 2 rings (SSSR count). The topological polar surface area (TPSA) is 0 Å². The average Bonchev–Trinajstić information content (AvgIpc) is 2.36. The Morgan fingerprint density at radius 3 is 1.43 bits per heavy atom. The second-order valence-corrected chi connectivity index (χ2v) is 12.4. The van der Waals surface area contributed by atoms with Crippen molar-refractivity contribution in [2.75, 3.05) is 0 Å². The number of allylic oxidation sites excluding steroid dienone is 1. The van der Waals surface area contributed by atoms with Crippen LogP contribution in [0.15, 0.2) is 12.2 Å². The lowest BCUT2D eigenvalue weighted by Crippen LogP contribution is -2.64. The zero-order valence-electron chi connectivity index (χ0n) is 16.1. The van der Waals surface area contributed by atoms with Crippen molar-refractivity contribution in [2.24, 2.45) is 32.5 Å². The Morgan fingerprint density at radius 1 is 0.667 bits per heavy atom. The molecule has 2 bridgehead atoms. The summed E-state index contributed by atoms with van der Waals surface area (Å²) in [7, 11) is 0. The molecule has 0 aromatic carbocycles. The van der Waals surface area contributed by atoms with Crippen molar-refractivity contribution in [2.45, 2.75) is 79.6 Å². The summed E-state index contributed by atoms with van der Waals surface area (Å²) in [6.45, 7) is 32.0. The highest BCUT2D eigenvalue weighted by molar-refractivity contribution is 14.1. The maximum absolute atomic E-state index is 4.70. The number of alkyl halides is 1. The van der Waals surface area contributed by atoms with Crippen LogP contribution in [-0.4, -0.2) is 3.42 Å². The Morgan fingerprint density at radius 2 is 1.05 bits per heavy atom. The predicted octanol–water partition coefficient (Wildman–Crippen LogP) is 6.88. The normalized spacial score (nSPS) is 49.2. The van der Waals surface area contributed by atoms with Crippen molar-refractivity contribution in [1.29, 1.82) is 0 Å². The van der Waals surface area contributed by atoms with Gasteiger partial charge in [-0.1, -0.05) is 104 Å². The van der Waals surface area contributed by atoms with E-state index in [0.717, 1.165) is 0 Å². The van der Waals surface area contributed by atoms with Crippen molar-refractivity contribution in [3.05, 3.63) is 12.2 Å². The van der Waals surface area contributed by atoms with Crippen LogP contribution in [0.25, 0.3) is 0 Å². The first-order valence-electron chi connectivity index (χ1n) is 8.29. The summed E-state index contributed by atoms with van der Waals surface area (Å²) in [5.41, 5.74) is 2.51. The number of rotatable bonds is 0. The quantitative estimate of drug-likeness (QED) is 0.235. The minimum absolute atomic E-state index is 0.129. The highest BCUT2D eigenvalue weighted by atomic mass is 127. The molecular formula is C20H35I. The summed E-state index contributed by atoms with van der Waals surface area (Å²) in [6.07, 6.45) is 0. The Kier molecular flexibility index (Phi) is 3.18. The van der Waals surface area contributed by atoms with E-state index in [1.165, 1.54) is 5.57 Å². The van der Waals surface area contributed by atoms with Crippen LogP contribution < -0.4 is 0 Å². The van der Waals surface area contributed by atoms with Gasteiger partial charge in [0.15, 0.2) is 0 Å². The van der Waals surface area contributed by atoms with Gasteiger partial charge in [0.2, 0.25) is 0 Å². The number of fused-ring (bicyclic) bond motifs is 2. The smallest absolute Gasteiger partial charge is 0.0318 e. The molecule has 2 saturated carbocycles. The third-order valence-electron chi connectivity index (χ3n) is 10.0. The summed E-state index contributed by atoms with van der Waals surface area (Å²) in [6, 6.07) is 0. The van der Waals surface area contributed by atoms with Gasteiger partial charge in [0.05, 0.1) is 0 Å². The van der Waals surface area contributed by atoms with Gasteiger partial charge in [-0.25, -0.2) is 0 Å². The highest BCUT2D eigenvalue weighted by Gasteiger charge is 2.84. The van der Waals surface area contributed by atoms with E-state index in [4.69, 9.17) is 6.58 Å². The molecule has 0 N–H and O–H groups in total. The third kappa shape index (κ3) is 1.23. The predicted molar refractivity (Wildman–Crippen MR) is 103 cm³/mol. The second-order valence-electron chi connectivity index (χ2n) is 10.2. The van der Waals surface area contributed by atoms with E-state index in [1.807, 2.05) is 0 Å². The Balaban J connectivity index is 3.06. The van der Waals surface area contributed by atoms with Crippen molar-refractivity contribution in [3.8, 4) is 0 Å². The Bertz CT molecular complexity index is 518. The van der Waals surface area contributed by atoms with Gasteiger partial charge in [-0.15, -0.1) is 0 Å². The van der Waals surface area contributed by atoms with Crippen LogP contribution in [0.2, 0.25) is 0 Å². The minimum Gasteiger partial charge on any atom is -0.0987 e. The van der Waals surface area contributed by atoms with E-state index >= 15 is 0 Å². The lowest BCUT2D eigenvalue weighted by atomic mass is 9.35. The molecule has 21 heavy (non-hydrogen) atoms. The third-order valence-corrected chi connectivity index (χ3v) is 12.5. The zero-order chi connectivity index (χ0) is 17.1. The average molecular weight is 402 g/mol. The molecule has 0 aliphatic heterocycles.